The number of carbonyl (C=O) groups is 1. The van der Waals surface area contributed by atoms with Crippen LogP contribution in [0.5, 0.6) is 11.5 Å². The molecule has 0 aliphatic heterocycles. The molecule has 5 nitrogen and oxygen atoms in total. The van der Waals surface area contributed by atoms with Crippen molar-refractivity contribution >= 4 is 11.6 Å². The number of aromatic hydroxyl groups is 1. The molecule has 0 aliphatic carbocycles. The van der Waals surface area contributed by atoms with Crippen LogP contribution in [0.4, 0.5) is 5.69 Å². The van der Waals surface area contributed by atoms with Crippen molar-refractivity contribution in [2.45, 2.75) is 19.4 Å². The van der Waals surface area contributed by atoms with Crippen molar-refractivity contribution in [2.24, 2.45) is 5.73 Å². The zero-order chi connectivity index (χ0) is 12.1. The first-order chi connectivity index (χ1) is 7.52. The Hall–Kier alpha value is -1.75. The van der Waals surface area contributed by atoms with E-state index in [2.05, 4.69) is 5.32 Å². The summed E-state index contributed by atoms with van der Waals surface area (Å²) in [5.74, 6) is 0.274. The Morgan fingerprint density at radius 2 is 2.31 bits per heavy atom. The van der Waals surface area contributed by atoms with Gasteiger partial charge < -0.3 is 20.9 Å². The molecule has 0 spiro atoms. The number of anilines is 1. The minimum Gasteiger partial charge on any atom is -0.506 e. The molecule has 0 fully saturated rings. The van der Waals surface area contributed by atoms with Crippen molar-refractivity contribution in [3.8, 4) is 11.5 Å². The summed E-state index contributed by atoms with van der Waals surface area (Å²) in [6.07, 6.45) is 0.214. The van der Waals surface area contributed by atoms with Gasteiger partial charge in [0.05, 0.1) is 12.8 Å². The van der Waals surface area contributed by atoms with Gasteiger partial charge in [-0.05, 0) is 19.1 Å². The maximum Gasteiger partial charge on any atom is 0.226 e. The Balaban J connectivity index is 2.70. The molecule has 0 saturated heterocycles. The smallest absolute Gasteiger partial charge is 0.226 e. The molecular weight excluding hydrogens is 208 g/mol. The average molecular weight is 224 g/mol. The van der Waals surface area contributed by atoms with Gasteiger partial charge in [-0.15, -0.1) is 0 Å². The number of ether oxygens (including phenoxy) is 1. The summed E-state index contributed by atoms with van der Waals surface area (Å²) in [5.41, 5.74) is 5.84. The first-order valence-corrected chi connectivity index (χ1v) is 4.95. The van der Waals surface area contributed by atoms with E-state index in [0.717, 1.165) is 0 Å². The average Bonchev–Trinajstić information content (AvgIpc) is 2.19. The molecule has 0 bridgehead atoms. The lowest BCUT2D eigenvalue weighted by molar-refractivity contribution is -0.116. The first-order valence-electron chi connectivity index (χ1n) is 4.95. The van der Waals surface area contributed by atoms with Crippen molar-refractivity contribution in [3.05, 3.63) is 18.2 Å². The molecule has 1 aromatic carbocycles. The van der Waals surface area contributed by atoms with Crippen LogP contribution in [-0.4, -0.2) is 24.2 Å². The highest BCUT2D eigenvalue weighted by molar-refractivity contribution is 5.92. The van der Waals surface area contributed by atoms with E-state index in [4.69, 9.17) is 10.5 Å². The maximum absolute atomic E-state index is 11.4. The van der Waals surface area contributed by atoms with Gasteiger partial charge in [0, 0.05) is 18.5 Å². The van der Waals surface area contributed by atoms with Crippen LogP contribution < -0.4 is 15.8 Å². The van der Waals surface area contributed by atoms with Crippen molar-refractivity contribution in [1.29, 1.82) is 0 Å². The number of hydrogen-bond acceptors (Lipinski definition) is 4. The Bertz CT molecular complexity index is 377. The fraction of sp³-hybridized carbons (Fsp3) is 0.364. The molecule has 5 heteroatoms. The monoisotopic (exact) mass is 224 g/mol. The summed E-state index contributed by atoms with van der Waals surface area (Å²) in [5, 5.41) is 12.1. The van der Waals surface area contributed by atoms with Crippen LogP contribution in [0.3, 0.4) is 0 Å². The number of rotatable bonds is 4. The van der Waals surface area contributed by atoms with E-state index < -0.39 is 0 Å². The first kappa shape index (κ1) is 12.3. The number of hydrogen-bond donors (Lipinski definition) is 3. The fourth-order valence-electron chi connectivity index (χ4n) is 1.24. The van der Waals surface area contributed by atoms with E-state index in [1.807, 2.05) is 0 Å². The van der Waals surface area contributed by atoms with Crippen molar-refractivity contribution in [1.82, 2.24) is 0 Å². The van der Waals surface area contributed by atoms with Crippen LogP contribution in [0.1, 0.15) is 13.3 Å². The van der Waals surface area contributed by atoms with Crippen LogP contribution in [-0.2, 0) is 4.79 Å². The topological polar surface area (TPSA) is 84.6 Å². The van der Waals surface area contributed by atoms with E-state index in [1.165, 1.54) is 13.2 Å². The molecule has 1 unspecified atom stereocenters. The summed E-state index contributed by atoms with van der Waals surface area (Å²) >= 11 is 0. The van der Waals surface area contributed by atoms with Crippen molar-refractivity contribution < 1.29 is 14.6 Å². The Labute approximate surface area is 94.2 Å². The molecule has 1 rings (SSSR count). The second-order valence-electron chi connectivity index (χ2n) is 3.61. The fourth-order valence-corrected chi connectivity index (χ4v) is 1.24. The van der Waals surface area contributed by atoms with E-state index in [1.54, 1.807) is 19.1 Å². The molecule has 0 aliphatic rings. The third-order valence-corrected chi connectivity index (χ3v) is 1.99. The molecular formula is C11H16N2O3. The van der Waals surface area contributed by atoms with E-state index >= 15 is 0 Å². The number of carbonyl (C=O) groups excluding carboxylic acids is 1. The standard InChI is InChI=1S/C11H16N2O3/c1-7(12)5-11(15)13-9-4-3-8(16-2)6-10(9)14/h3-4,6-7,14H,5,12H2,1-2H3,(H,13,15). The third-order valence-electron chi connectivity index (χ3n) is 1.99. The number of benzene rings is 1. The molecule has 88 valence electrons. The number of nitrogens with one attached hydrogen (secondary N) is 1. The number of methoxy groups -OCH3 is 1. The normalized spacial score (nSPS) is 11.9. The lowest BCUT2D eigenvalue weighted by Crippen LogP contribution is -2.23. The summed E-state index contributed by atoms with van der Waals surface area (Å²) < 4.78 is 4.93. The van der Waals surface area contributed by atoms with Crippen LogP contribution in [0.2, 0.25) is 0 Å². The van der Waals surface area contributed by atoms with Crippen LogP contribution in [0.25, 0.3) is 0 Å². The van der Waals surface area contributed by atoms with Gasteiger partial charge in [-0.3, -0.25) is 4.79 Å². The molecule has 0 heterocycles. The predicted molar refractivity (Wildman–Crippen MR) is 61.6 cm³/mol. The van der Waals surface area contributed by atoms with Crippen LogP contribution in [0.15, 0.2) is 18.2 Å². The lowest BCUT2D eigenvalue weighted by atomic mass is 10.2. The SMILES string of the molecule is COc1ccc(NC(=O)CC(C)N)c(O)c1. The number of amides is 1. The van der Waals surface area contributed by atoms with Gasteiger partial charge in [0.25, 0.3) is 0 Å². The molecule has 1 amide bonds. The van der Waals surface area contributed by atoms with Gasteiger partial charge in [0.2, 0.25) is 5.91 Å². The van der Waals surface area contributed by atoms with Gasteiger partial charge in [-0.1, -0.05) is 0 Å². The molecule has 4 N–H and O–H groups in total. The van der Waals surface area contributed by atoms with Gasteiger partial charge >= 0.3 is 0 Å². The molecule has 16 heavy (non-hydrogen) atoms. The minimum absolute atomic E-state index is 0.0302. The highest BCUT2D eigenvalue weighted by Crippen LogP contribution is 2.27. The van der Waals surface area contributed by atoms with Gasteiger partial charge in [-0.25, -0.2) is 0 Å². The molecule has 0 radical (unpaired) electrons. The number of nitrogens with two attached hydrogens (primary N) is 1. The summed E-state index contributed by atoms with van der Waals surface area (Å²) in [7, 11) is 1.50. The van der Waals surface area contributed by atoms with Gasteiger partial charge in [-0.2, -0.15) is 0 Å². The van der Waals surface area contributed by atoms with E-state index in [9.17, 15) is 9.90 Å². The third kappa shape index (κ3) is 3.43. The molecule has 1 aromatic rings. The molecule has 0 saturated carbocycles. The van der Waals surface area contributed by atoms with E-state index in [-0.39, 0.29) is 24.1 Å². The highest BCUT2D eigenvalue weighted by Gasteiger charge is 2.08. The Morgan fingerprint density at radius 1 is 1.62 bits per heavy atom. The second kappa shape index (κ2) is 5.37. The maximum atomic E-state index is 11.4. The van der Waals surface area contributed by atoms with Gasteiger partial charge in [0.1, 0.15) is 11.5 Å². The predicted octanol–water partition coefficient (Wildman–Crippen LogP) is 1.08. The second-order valence-corrected chi connectivity index (χ2v) is 3.61. The molecule has 1 atom stereocenters. The highest BCUT2D eigenvalue weighted by atomic mass is 16.5. The largest absolute Gasteiger partial charge is 0.506 e. The minimum atomic E-state index is -0.226. The van der Waals surface area contributed by atoms with Crippen molar-refractivity contribution in [2.75, 3.05) is 12.4 Å². The number of phenolic OH excluding ortho intramolecular Hbond substituents is 1. The summed E-state index contributed by atoms with van der Waals surface area (Å²) in [6.45, 7) is 1.74. The van der Waals surface area contributed by atoms with Gasteiger partial charge in [0.15, 0.2) is 0 Å². The Kier molecular flexibility index (Phi) is 4.13. The molecule has 0 aromatic heterocycles. The quantitative estimate of drug-likeness (QED) is 0.668. The zero-order valence-electron chi connectivity index (χ0n) is 9.36. The van der Waals surface area contributed by atoms with Crippen molar-refractivity contribution in [3.63, 3.8) is 0 Å². The van der Waals surface area contributed by atoms with E-state index in [0.29, 0.717) is 11.4 Å². The number of phenols is 1. The summed E-state index contributed by atoms with van der Waals surface area (Å²) in [4.78, 5) is 11.4. The Morgan fingerprint density at radius 3 is 2.81 bits per heavy atom. The zero-order valence-corrected chi connectivity index (χ0v) is 9.36. The summed E-state index contributed by atoms with van der Waals surface area (Å²) in [6, 6.07) is 4.45. The lowest BCUT2D eigenvalue weighted by Gasteiger charge is -2.09. The van der Waals surface area contributed by atoms with Crippen LogP contribution >= 0.6 is 0 Å². The van der Waals surface area contributed by atoms with Crippen LogP contribution in [0, 0.1) is 0 Å².